The van der Waals surface area contributed by atoms with Crippen LogP contribution in [0.4, 0.5) is 0 Å². The van der Waals surface area contributed by atoms with Gasteiger partial charge in [-0.15, -0.1) is 0 Å². The van der Waals surface area contributed by atoms with Gasteiger partial charge in [0.1, 0.15) is 5.75 Å². The molecule has 1 heterocycles. The lowest BCUT2D eigenvalue weighted by atomic mass is 10.3. The van der Waals surface area contributed by atoms with Gasteiger partial charge < -0.3 is 10.1 Å². The number of sulfonamides is 1. The monoisotopic (exact) mass is 296 g/mol. The van der Waals surface area contributed by atoms with Gasteiger partial charge >= 0.3 is 0 Å². The van der Waals surface area contributed by atoms with Crippen LogP contribution in [-0.2, 0) is 10.0 Å². The summed E-state index contributed by atoms with van der Waals surface area (Å²) >= 11 is 0. The largest absolute Gasteiger partial charge is 0.494 e. The van der Waals surface area contributed by atoms with Crippen LogP contribution in [0.15, 0.2) is 29.2 Å². The van der Waals surface area contributed by atoms with E-state index in [-0.39, 0.29) is 6.04 Å². The molecule has 0 aromatic heterocycles. The third-order valence-electron chi connectivity index (χ3n) is 3.99. The second-order valence-corrected chi connectivity index (χ2v) is 7.17. The van der Waals surface area contributed by atoms with Gasteiger partial charge in [0.15, 0.2) is 0 Å². The first-order valence-electron chi connectivity index (χ1n) is 7.08. The van der Waals surface area contributed by atoms with E-state index in [9.17, 15) is 8.42 Å². The molecule has 1 saturated heterocycles. The molecule has 0 bridgehead atoms. The van der Waals surface area contributed by atoms with Gasteiger partial charge in [0.05, 0.1) is 11.5 Å². The summed E-state index contributed by atoms with van der Waals surface area (Å²) in [5.74, 6) is 1.65. The number of ether oxygens (including phenoxy) is 1. The first-order valence-corrected chi connectivity index (χ1v) is 8.56. The fraction of sp³-hybridized carbons (Fsp3) is 0.571. The van der Waals surface area contributed by atoms with Gasteiger partial charge in [-0.25, -0.2) is 13.1 Å². The van der Waals surface area contributed by atoms with Gasteiger partial charge in [0.25, 0.3) is 0 Å². The van der Waals surface area contributed by atoms with Crippen LogP contribution in [-0.4, -0.2) is 34.2 Å². The molecule has 1 aromatic rings. The molecule has 0 amide bonds. The molecule has 1 aliphatic carbocycles. The van der Waals surface area contributed by atoms with Gasteiger partial charge in [0, 0.05) is 6.04 Å². The van der Waals surface area contributed by atoms with Crippen molar-refractivity contribution in [2.45, 2.75) is 24.3 Å². The van der Waals surface area contributed by atoms with E-state index < -0.39 is 10.0 Å². The maximum atomic E-state index is 12.3. The summed E-state index contributed by atoms with van der Waals surface area (Å²) in [5, 5.41) is 3.25. The van der Waals surface area contributed by atoms with Crippen molar-refractivity contribution in [3.05, 3.63) is 24.3 Å². The quantitative estimate of drug-likeness (QED) is 0.821. The zero-order valence-electron chi connectivity index (χ0n) is 11.5. The van der Waals surface area contributed by atoms with Crippen LogP contribution in [0.25, 0.3) is 0 Å². The Balaban J connectivity index is 1.65. The highest BCUT2D eigenvalue weighted by molar-refractivity contribution is 7.89. The molecule has 0 radical (unpaired) electrons. The summed E-state index contributed by atoms with van der Waals surface area (Å²) in [6, 6.07) is 6.73. The predicted octanol–water partition coefficient (Wildman–Crippen LogP) is 0.971. The third kappa shape index (κ3) is 2.68. The lowest BCUT2D eigenvalue weighted by Gasteiger charge is -2.10. The molecular weight excluding hydrogens is 276 g/mol. The fourth-order valence-corrected chi connectivity index (χ4v) is 4.11. The van der Waals surface area contributed by atoms with Crippen LogP contribution in [0.1, 0.15) is 13.3 Å². The zero-order chi connectivity index (χ0) is 14.2. The number of rotatable bonds is 6. The smallest absolute Gasteiger partial charge is 0.240 e. The second kappa shape index (κ2) is 5.35. The maximum Gasteiger partial charge on any atom is 0.240 e. The highest BCUT2D eigenvalue weighted by Gasteiger charge is 2.54. The molecule has 2 unspecified atom stereocenters. The Bertz CT molecular complexity index is 561. The van der Waals surface area contributed by atoms with E-state index in [2.05, 4.69) is 10.0 Å². The molecule has 1 aromatic carbocycles. The Labute approximate surface area is 119 Å². The molecule has 1 saturated carbocycles. The van der Waals surface area contributed by atoms with Crippen molar-refractivity contribution in [1.82, 2.24) is 10.0 Å². The Morgan fingerprint density at radius 1 is 1.25 bits per heavy atom. The number of nitrogens with one attached hydrogen (secondary N) is 2. The standard InChI is InChI=1S/C14H20N2O3S/c1-2-7-19-10-3-5-11(6-4-10)20(17,18)16-14-12-8-15-9-13(12)14/h3-6,12-16H,2,7-9H2,1H3. The molecule has 0 spiro atoms. The van der Waals surface area contributed by atoms with Gasteiger partial charge in [-0.3, -0.25) is 0 Å². The summed E-state index contributed by atoms with van der Waals surface area (Å²) in [6.45, 7) is 4.51. The van der Waals surface area contributed by atoms with Gasteiger partial charge in [-0.1, -0.05) is 6.92 Å². The first kappa shape index (κ1) is 13.9. The van der Waals surface area contributed by atoms with Gasteiger partial charge in [-0.2, -0.15) is 0 Å². The number of fused-ring (bicyclic) bond motifs is 1. The number of hydrogen-bond acceptors (Lipinski definition) is 4. The minimum Gasteiger partial charge on any atom is -0.494 e. The molecule has 2 atom stereocenters. The van der Waals surface area contributed by atoms with Crippen LogP contribution in [0.2, 0.25) is 0 Å². The molecule has 20 heavy (non-hydrogen) atoms. The molecule has 3 rings (SSSR count). The van der Waals surface area contributed by atoms with Crippen molar-refractivity contribution in [3.63, 3.8) is 0 Å². The molecule has 6 heteroatoms. The van der Waals surface area contributed by atoms with Crippen LogP contribution in [0.5, 0.6) is 5.75 Å². The molecule has 2 aliphatic rings. The van der Waals surface area contributed by atoms with E-state index >= 15 is 0 Å². The summed E-state index contributed by atoms with van der Waals surface area (Å²) in [6.07, 6.45) is 0.931. The fourth-order valence-electron chi connectivity index (χ4n) is 2.78. The minimum atomic E-state index is -3.41. The molecule has 110 valence electrons. The summed E-state index contributed by atoms with van der Waals surface area (Å²) < 4.78 is 32.8. The molecular formula is C14H20N2O3S. The van der Waals surface area contributed by atoms with Crippen LogP contribution in [0.3, 0.4) is 0 Å². The summed E-state index contributed by atoms with van der Waals surface area (Å²) in [4.78, 5) is 0.305. The third-order valence-corrected chi connectivity index (χ3v) is 5.47. The average Bonchev–Trinajstić information content (AvgIpc) is 2.89. The van der Waals surface area contributed by atoms with E-state index in [1.165, 1.54) is 0 Å². The van der Waals surface area contributed by atoms with Gasteiger partial charge in [-0.05, 0) is 55.6 Å². The maximum absolute atomic E-state index is 12.3. The molecule has 2 N–H and O–H groups in total. The van der Waals surface area contributed by atoms with E-state index in [0.717, 1.165) is 19.5 Å². The SMILES string of the molecule is CCCOc1ccc(S(=O)(=O)NC2C3CNCC32)cc1. The van der Waals surface area contributed by atoms with Gasteiger partial charge in [0.2, 0.25) is 10.0 Å². The lowest BCUT2D eigenvalue weighted by Crippen LogP contribution is -2.32. The van der Waals surface area contributed by atoms with E-state index in [1.807, 2.05) is 6.92 Å². The Kier molecular flexibility index (Phi) is 3.70. The predicted molar refractivity (Wildman–Crippen MR) is 76.2 cm³/mol. The minimum absolute atomic E-state index is 0.109. The number of piperidine rings is 1. The van der Waals surface area contributed by atoms with E-state index in [0.29, 0.717) is 29.1 Å². The van der Waals surface area contributed by atoms with E-state index in [1.54, 1.807) is 24.3 Å². The Morgan fingerprint density at radius 2 is 1.90 bits per heavy atom. The normalized spacial score (nSPS) is 28.1. The Morgan fingerprint density at radius 3 is 2.50 bits per heavy atom. The van der Waals surface area contributed by atoms with Crippen molar-refractivity contribution in [3.8, 4) is 5.75 Å². The van der Waals surface area contributed by atoms with Crippen molar-refractivity contribution >= 4 is 10.0 Å². The molecule has 1 aliphatic heterocycles. The van der Waals surface area contributed by atoms with Crippen LogP contribution < -0.4 is 14.8 Å². The van der Waals surface area contributed by atoms with Crippen molar-refractivity contribution in [1.29, 1.82) is 0 Å². The Hall–Kier alpha value is -1.11. The second-order valence-electron chi connectivity index (χ2n) is 5.45. The van der Waals surface area contributed by atoms with Crippen molar-refractivity contribution < 1.29 is 13.2 Å². The van der Waals surface area contributed by atoms with Crippen molar-refractivity contribution in [2.75, 3.05) is 19.7 Å². The summed E-state index contributed by atoms with van der Waals surface area (Å²) in [7, 11) is -3.41. The van der Waals surface area contributed by atoms with Crippen LogP contribution in [0, 0.1) is 11.8 Å². The topological polar surface area (TPSA) is 67.4 Å². The highest BCUT2D eigenvalue weighted by atomic mass is 32.2. The highest BCUT2D eigenvalue weighted by Crippen LogP contribution is 2.42. The molecule has 5 nitrogen and oxygen atoms in total. The van der Waals surface area contributed by atoms with Crippen LogP contribution >= 0.6 is 0 Å². The first-order chi connectivity index (χ1) is 9.62. The zero-order valence-corrected chi connectivity index (χ0v) is 12.3. The van der Waals surface area contributed by atoms with E-state index in [4.69, 9.17) is 4.74 Å². The summed E-state index contributed by atoms with van der Waals surface area (Å²) in [5.41, 5.74) is 0. The average molecular weight is 296 g/mol. The number of benzene rings is 1. The van der Waals surface area contributed by atoms with Crippen molar-refractivity contribution in [2.24, 2.45) is 11.8 Å². The number of hydrogen-bond donors (Lipinski definition) is 2. The molecule has 2 fully saturated rings. The lowest BCUT2D eigenvalue weighted by molar-refractivity contribution is 0.317.